The smallest absolute Gasteiger partial charge is 0.261 e. The monoisotopic (exact) mass is 472 g/mol. The first kappa shape index (κ1) is 22.1. The maximum Gasteiger partial charge on any atom is 0.261 e. The van der Waals surface area contributed by atoms with Crippen LogP contribution >= 0.6 is 11.3 Å². The van der Waals surface area contributed by atoms with Crippen LogP contribution in [0.2, 0.25) is 0 Å². The summed E-state index contributed by atoms with van der Waals surface area (Å²) in [6.45, 7) is 3.93. The molecule has 10 heteroatoms. The molecule has 2 aromatic carbocycles. The zero-order valence-electron chi connectivity index (χ0n) is 17.4. The fraction of sp³-hybridized carbons (Fsp3) is 0.182. The molecule has 0 saturated carbocycles. The Bertz CT molecular complexity index is 1380. The van der Waals surface area contributed by atoms with Crippen LogP contribution in [0.4, 0.5) is 4.39 Å². The fourth-order valence-electron chi connectivity index (χ4n) is 3.17. The average Bonchev–Trinajstić information content (AvgIpc) is 3.33. The maximum absolute atomic E-state index is 13.2. The van der Waals surface area contributed by atoms with Gasteiger partial charge < -0.3 is 5.32 Å². The summed E-state index contributed by atoms with van der Waals surface area (Å²) in [6.07, 6.45) is 0. The predicted molar refractivity (Wildman–Crippen MR) is 122 cm³/mol. The van der Waals surface area contributed by atoms with Gasteiger partial charge in [0.1, 0.15) is 10.6 Å². The zero-order valence-corrected chi connectivity index (χ0v) is 19.1. The number of amides is 1. The van der Waals surface area contributed by atoms with Crippen LogP contribution in [0.5, 0.6) is 0 Å². The quantitative estimate of drug-likeness (QED) is 0.402. The van der Waals surface area contributed by atoms with Gasteiger partial charge in [0, 0.05) is 18.5 Å². The lowest BCUT2D eigenvalue weighted by Crippen LogP contribution is -2.34. The molecule has 0 aliphatic heterocycles. The molecule has 2 aromatic heterocycles. The van der Waals surface area contributed by atoms with Crippen LogP contribution in [0.3, 0.4) is 0 Å². The van der Waals surface area contributed by atoms with Gasteiger partial charge in [0.05, 0.1) is 21.2 Å². The van der Waals surface area contributed by atoms with Gasteiger partial charge in [-0.15, -0.1) is 11.3 Å². The highest BCUT2D eigenvalue weighted by molar-refractivity contribution is 7.89. The van der Waals surface area contributed by atoms with Crippen molar-refractivity contribution in [3.05, 3.63) is 76.5 Å². The Balaban J connectivity index is 1.41. The van der Waals surface area contributed by atoms with Crippen molar-refractivity contribution in [3.63, 3.8) is 0 Å². The molecular formula is C22H21FN4O3S2. The highest BCUT2D eigenvalue weighted by atomic mass is 32.2. The van der Waals surface area contributed by atoms with Crippen molar-refractivity contribution < 1.29 is 17.6 Å². The second-order valence-corrected chi connectivity index (χ2v) is 10.1. The van der Waals surface area contributed by atoms with E-state index in [1.165, 1.54) is 23.5 Å². The predicted octanol–water partition coefficient (Wildman–Crippen LogP) is 3.55. The Labute approximate surface area is 188 Å². The van der Waals surface area contributed by atoms with E-state index < -0.39 is 10.0 Å². The second-order valence-electron chi connectivity index (χ2n) is 7.27. The summed E-state index contributed by atoms with van der Waals surface area (Å²) in [7, 11) is -3.63. The van der Waals surface area contributed by atoms with Gasteiger partial charge in [-0.1, -0.05) is 17.7 Å². The SMILES string of the molecule is Cc1ccc(S(=O)(=O)NCCNC(=O)c2cc3c(C)nn(-c4ccc(F)cc4)c3s2)cc1. The van der Waals surface area contributed by atoms with E-state index >= 15 is 0 Å². The molecule has 4 rings (SSSR count). The molecule has 2 heterocycles. The summed E-state index contributed by atoms with van der Waals surface area (Å²) in [5.41, 5.74) is 2.42. The number of aryl methyl sites for hydroxylation is 2. The van der Waals surface area contributed by atoms with Crippen LogP contribution in [0.1, 0.15) is 20.9 Å². The molecule has 0 aliphatic carbocycles. The van der Waals surface area contributed by atoms with Gasteiger partial charge in [-0.25, -0.2) is 22.2 Å². The van der Waals surface area contributed by atoms with Crippen LogP contribution in [0.25, 0.3) is 15.9 Å². The number of fused-ring (bicyclic) bond motifs is 1. The number of rotatable bonds is 7. The second kappa shape index (κ2) is 8.81. The summed E-state index contributed by atoms with van der Waals surface area (Å²) >= 11 is 1.27. The Morgan fingerprint density at radius 3 is 2.44 bits per heavy atom. The van der Waals surface area contributed by atoms with Crippen LogP contribution in [0, 0.1) is 19.7 Å². The number of carbonyl (C=O) groups is 1. The molecule has 0 unspecified atom stereocenters. The number of hydrogen-bond acceptors (Lipinski definition) is 5. The van der Waals surface area contributed by atoms with Gasteiger partial charge in [0.25, 0.3) is 5.91 Å². The molecule has 0 fully saturated rings. The molecular weight excluding hydrogens is 451 g/mol. The Kier molecular flexibility index (Phi) is 6.09. The highest BCUT2D eigenvalue weighted by Crippen LogP contribution is 2.30. The molecule has 4 aromatic rings. The number of hydrogen-bond donors (Lipinski definition) is 2. The first-order valence-corrected chi connectivity index (χ1v) is 12.1. The van der Waals surface area contributed by atoms with Crippen molar-refractivity contribution in [1.29, 1.82) is 0 Å². The van der Waals surface area contributed by atoms with Gasteiger partial charge in [0.2, 0.25) is 10.0 Å². The lowest BCUT2D eigenvalue weighted by atomic mass is 10.2. The van der Waals surface area contributed by atoms with E-state index in [0.29, 0.717) is 10.6 Å². The van der Waals surface area contributed by atoms with Crippen LogP contribution in [-0.4, -0.2) is 37.2 Å². The third-order valence-corrected chi connectivity index (χ3v) is 7.46. The van der Waals surface area contributed by atoms with Crippen molar-refractivity contribution in [2.24, 2.45) is 0 Å². The third-order valence-electron chi connectivity index (χ3n) is 4.87. The molecule has 0 radical (unpaired) electrons. The number of thiophene rings is 1. The molecule has 32 heavy (non-hydrogen) atoms. The molecule has 0 aliphatic rings. The van der Waals surface area contributed by atoms with Crippen molar-refractivity contribution in [2.75, 3.05) is 13.1 Å². The Morgan fingerprint density at radius 1 is 1.06 bits per heavy atom. The highest BCUT2D eigenvalue weighted by Gasteiger charge is 2.18. The molecule has 0 spiro atoms. The van der Waals surface area contributed by atoms with E-state index in [1.54, 1.807) is 47.1 Å². The van der Waals surface area contributed by atoms with E-state index in [0.717, 1.165) is 21.5 Å². The minimum absolute atomic E-state index is 0.0647. The van der Waals surface area contributed by atoms with Crippen molar-refractivity contribution in [1.82, 2.24) is 19.8 Å². The average molecular weight is 473 g/mol. The lowest BCUT2D eigenvalue weighted by molar-refractivity contribution is 0.0958. The summed E-state index contributed by atoms with van der Waals surface area (Å²) in [6, 6.07) is 14.3. The molecule has 7 nitrogen and oxygen atoms in total. The van der Waals surface area contributed by atoms with Gasteiger partial charge in [-0.2, -0.15) is 5.10 Å². The molecule has 0 bridgehead atoms. The molecule has 2 N–H and O–H groups in total. The van der Waals surface area contributed by atoms with E-state index in [4.69, 9.17) is 0 Å². The molecule has 1 amide bonds. The summed E-state index contributed by atoms with van der Waals surface area (Å²) in [4.78, 5) is 14.0. The Morgan fingerprint density at radius 2 is 1.75 bits per heavy atom. The third kappa shape index (κ3) is 4.57. The first-order valence-electron chi connectivity index (χ1n) is 9.84. The number of halogens is 1. The maximum atomic E-state index is 13.2. The van der Waals surface area contributed by atoms with Crippen LogP contribution < -0.4 is 10.0 Å². The number of carbonyl (C=O) groups excluding carboxylic acids is 1. The topological polar surface area (TPSA) is 93.1 Å². The lowest BCUT2D eigenvalue weighted by Gasteiger charge is -2.08. The van der Waals surface area contributed by atoms with Gasteiger partial charge in [0.15, 0.2) is 0 Å². The normalized spacial score (nSPS) is 11.7. The van der Waals surface area contributed by atoms with E-state index in [1.807, 2.05) is 13.8 Å². The van der Waals surface area contributed by atoms with Crippen LogP contribution in [0.15, 0.2) is 59.5 Å². The van der Waals surface area contributed by atoms with Crippen molar-refractivity contribution >= 4 is 37.5 Å². The minimum Gasteiger partial charge on any atom is -0.350 e. The molecule has 166 valence electrons. The molecule has 0 atom stereocenters. The number of sulfonamides is 1. The van der Waals surface area contributed by atoms with Gasteiger partial charge in [-0.05, 0) is 56.3 Å². The number of benzene rings is 2. The van der Waals surface area contributed by atoms with E-state index in [-0.39, 0.29) is 29.7 Å². The first-order chi connectivity index (χ1) is 15.2. The van der Waals surface area contributed by atoms with Crippen molar-refractivity contribution in [3.8, 4) is 5.69 Å². The summed E-state index contributed by atoms with van der Waals surface area (Å²) in [5, 5.41) is 8.05. The largest absolute Gasteiger partial charge is 0.350 e. The fourth-order valence-corrected chi connectivity index (χ4v) is 5.30. The number of aromatic nitrogens is 2. The summed E-state index contributed by atoms with van der Waals surface area (Å²) < 4.78 is 42.0. The Hall–Kier alpha value is -3.08. The van der Waals surface area contributed by atoms with Gasteiger partial charge in [-0.3, -0.25) is 4.79 Å². The number of nitrogens with zero attached hydrogens (tertiary/aromatic N) is 2. The number of nitrogens with one attached hydrogen (secondary N) is 2. The zero-order chi connectivity index (χ0) is 22.9. The standard InChI is InChI=1S/C22H21FN4O3S2/c1-14-3-9-18(10-4-14)32(29,30)25-12-11-24-21(28)20-13-19-15(2)26-27(22(19)31-20)17-7-5-16(23)6-8-17/h3-10,13,25H,11-12H2,1-2H3,(H,24,28). The van der Waals surface area contributed by atoms with Gasteiger partial charge >= 0.3 is 0 Å². The summed E-state index contributed by atoms with van der Waals surface area (Å²) in [5.74, 6) is -0.635. The van der Waals surface area contributed by atoms with Crippen LogP contribution in [-0.2, 0) is 10.0 Å². The van der Waals surface area contributed by atoms with Crippen molar-refractivity contribution in [2.45, 2.75) is 18.7 Å². The van der Waals surface area contributed by atoms with E-state index in [9.17, 15) is 17.6 Å². The van der Waals surface area contributed by atoms with E-state index in [2.05, 4.69) is 15.1 Å². The minimum atomic E-state index is -3.63. The molecule has 0 saturated heterocycles.